The third-order valence-corrected chi connectivity index (χ3v) is 3.19. The second-order valence-electron chi connectivity index (χ2n) is 4.46. The normalized spacial score (nSPS) is 30.1. The number of nitrogen functional groups attached to an aromatic ring is 1. The Morgan fingerprint density at radius 1 is 1.60 bits per heavy atom. The number of hydrogen-bond acceptors (Lipinski definition) is 7. The van der Waals surface area contributed by atoms with Crippen LogP contribution < -0.4 is 11.3 Å². The fourth-order valence-electron chi connectivity index (χ4n) is 2.21. The molecule has 1 unspecified atom stereocenters. The van der Waals surface area contributed by atoms with Gasteiger partial charge >= 0.3 is 0 Å². The number of nitrogens with zero attached hydrogens (tertiary/aromatic N) is 3. The zero-order chi connectivity index (χ0) is 14.4. The predicted octanol–water partition coefficient (Wildman–Crippen LogP) is -1.71. The van der Waals surface area contributed by atoms with E-state index in [4.69, 9.17) is 15.6 Å². The van der Waals surface area contributed by atoms with Gasteiger partial charge in [0.2, 0.25) is 5.95 Å². The van der Waals surface area contributed by atoms with Gasteiger partial charge in [-0.1, -0.05) is 0 Å². The van der Waals surface area contributed by atoms with Crippen molar-refractivity contribution in [2.75, 3.05) is 12.3 Å². The maximum Gasteiger partial charge on any atom is 0.280 e. The molecule has 0 aliphatic carbocycles. The van der Waals surface area contributed by atoms with Crippen molar-refractivity contribution >= 4 is 17.1 Å². The maximum atomic E-state index is 13.7. The van der Waals surface area contributed by atoms with E-state index in [1.165, 1.54) is 10.9 Å². The molecule has 4 atom stereocenters. The highest BCUT2D eigenvalue weighted by atomic mass is 19.1. The summed E-state index contributed by atoms with van der Waals surface area (Å²) in [7, 11) is 0. The number of hydrogen-bond donors (Lipinski definition) is 4. The number of fused-ring (bicyclic) bond motifs is 1. The molecule has 0 amide bonds. The number of imidazole rings is 1. The summed E-state index contributed by atoms with van der Waals surface area (Å²) in [5, 5.41) is 18.8. The second-order valence-corrected chi connectivity index (χ2v) is 4.46. The van der Waals surface area contributed by atoms with Crippen LogP contribution in [0.3, 0.4) is 0 Å². The van der Waals surface area contributed by atoms with Crippen molar-refractivity contribution in [1.29, 1.82) is 0 Å². The Labute approximate surface area is 110 Å². The van der Waals surface area contributed by atoms with Crippen LogP contribution in [-0.4, -0.2) is 54.7 Å². The molecule has 1 aliphatic heterocycles. The molecule has 1 fully saturated rings. The number of anilines is 1. The zero-order valence-corrected chi connectivity index (χ0v) is 10.1. The lowest BCUT2D eigenvalue weighted by Crippen LogP contribution is -2.29. The topological polar surface area (TPSA) is 139 Å². The number of nitrogens with two attached hydrogens (primary N) is 1. The van der Waals surface area contributed by atoms with Crippen molar-refractivity contribution in [3.8, 4) is 0 Å². The van der Waals surface area contributed by atoms with Gasteiger partial charge in [0.05, 0.1) is 12.9 Å². The molecule has 0 aromatic carbocycles. The number of aliphatic hydroxyl groups excluding tert-OH is 2. The first-order valence-electron chi connectivity index (χ1n) is 5.83. The lowest BCUT2D eigenvalue weighted by molar-refractivity contribution is -0.0495. The van der Waals surface area contributed by atoms with Crippen molar-refractivity contribution in [3.63, 3.8) is 0 Å². The van der Waals surface area contributed by atoms with Gasteiger partial charge in [-0.05, 0) is 0 Å². The molecule has 9 nitrogen and oxygen atoms in total. The first-order valence-corrected chi connectivity index (χ1v) is 5.83. The maximum absolute atomic E-state index is 13.7. The van der Waals surface area contributed by atoms with E-state index in [0.29, 0.717) is 0 Å². The Balaban J connectivity index is 2.09. The van der Waals surface area contributed by atoms with Crippen molar-refractivity contribution in [2.24, 2.45) is 0 Å². The molecule has 1 aliphatic rings. The van der Waals surface area contributed by atoms with E-state index in [1.807, 2.05) is 0 Å². The van der Waals surface area contributed by atoms with Crippen molar-refractivity contribution in [2.45, 2.75) is 24.6 Å². The summed E-state index contributed by atoms with van der Waals surface area (Å²) in [6.45, 7) is -0.572. The summed E-state index contributed by atoms with van der Waals surface area (Å²) in [5.41, 5.74) is 4.96. The minimum atomic E-state index is -1.75. The molecule has 2 aromatic rings. The van der Waals surface area contributed by atoms with E-state index in [-0.39, 0.29) is 17.1 Å². The lowest BCUT2D eigenvalue weighted by Gasteiger charge is -2.15. The van der Waals surface area contributed by atoms with E-state index in [0.717, 1.165) is 0 Å². The summed E-state index contributed by atoms with van der Waals surface area (Å²) < 4.78 is 20.1. The number of aliphatic hydroxyl groups is 2. The van der Waals surface area contributed by atoms with Crippen LogP contribution in [0.4, 0.5) is 10.3 Å². The third-order valence-electron chi connectivity index (χ3n) is 3.19. The van der Waals surface area contributed by atoms with E-state index in [2.05, 4.69) is 15.0 Å². The Hall–Kier alpha value is -2.04. The summed E-state index contributed by atoms with van der Waals surface area (Å²) in [6.07, 6.45) is -4.34. The Morgan fingerprint density at radius 2 is 2.35 bits per heavy atom. The fourth-order valence-corrected chi connectivity index (χ4v) is 2.21. The number of ether oxygens (including phenoxy) is 1. The monoisotopic (exact) mass is 285 g/mol. The molecule has 10 heteroatoms. The molecule has 0 spiro atoms. The highest BCUT2D eigenvalue weighted by Gasteiger charge is 2.45. The minimum Gasteiger partial charge on any atom is -0.394 e. The summed E-state index contributed by atoms with van der Waals surface area (Å²) in [6, 6.07) is 0. The van der Waals surface area contributed by atoms with E-state index in [1.54, 1.807) is 0 Å². The first-order chi connectivity index (χ1) is 9.52. The highest BCUT2D eigenvalue weighted by molar-refractivity contribution is 5.70. The quantitative estimate of drug-likeness (QED) is 0.515. The SMILES string of the molecule is Nc1nc2c(ncn2[C@@H]2O[C@H](CO)C(F)[C@@H]2O)c(=O)[nH]1. The highest BCUT2D eigenvalue weighted by Crippen LogP contribution is 2.32. The van der Waals surface area contributed by atoms with Gasteiger partial charge in [-0.2, -0.15) is 4.98 Å². The van der Waals surface area contributed by atoms with Gasteiger partial charge in [-0.15, -0.1) is 0 Å². The molecule has 3 rings (SSSR count). The van der Waals surface area contributed by atoms with Crippen LogP contribution >= 0.6 is 0 Å². The zero-order valence-electron chi connectivity index (χ0n) is 10.1. The van der Waals surface area contributed by atoms with Crippen LogP contribution in [0, 0.1) is 0 Å². The van der Waals surface area contributed by atoms with Gasteiger partial charge in [-0.25, -0.2) is 9.37 Å². The second kappa shape index (κ2) is 4.51. The van der Waals surface area contributed by atoms with Crippen LogP contribution in [0.15, 0.2) is 11.1 Å². The van der Waals surface area contributed by atoms with Crippen molar-refractivity contribution in [1.82, 2.24) is 19.5 Å². The molecule has 5 N–H and O–H groups in total. The number of aromatic amines is 1. The molecule has 20 heavy (non-hydrogen) atoms. The smallest absolute Gasteiger partial charge is 0.280 e. The molecular formula is C10H12FN5O4. The Kier molecular flexibility index (Phi) is 2.92. The number of rotatable bonds is 2. The summed E-state index contributed by atoms with van der Waals surface area (Å²) in [4.78, 5) is 21.6. The number of alkyl halides is 1. The average molecular weight is 285 g/mol. The molecule has 1 saturated heterocycles. The van der Waals surface area contributed by atoms with E-state index >= 15 is 0 Å². The largest absolute Gasteiger partial charge is 0.394 e. The summed E-state index contributed by atoms with van der Waals surface area (Å²) in [5.74, 6) is -0.132. The van der Waals surface area contributed by atoms with Crippen molar-refractivity contribution < 1.29 is 19.3 Å². The van der Waals surface area contributed by atoms with E-state index in [9.17, 15) is 14.3 Å². The molecule has 0 radical (unpaired) electrons. The van der Waals surface area contributed by atoms with Gasteiger partial charge in [0.25, 0.3) is 5.56 Å². The molecule has 2 aromatic heterocycles. The fraction of sp³-hybridized carbons (Fsp3) is 0.500. The lowest BCUT2D eigenvalue weighted by atomic mass is 10.1. The third kappa shape index (κ3) is 1.77. The van der Waals surface area contributed by atoms with Gasteiger partial charge in [0.15, 0.2) is 23.6 Å². The molecular weight excluding hydrogens is 273 g/mol. The Morgan fingerprint density at radius 3 is 3.00 bits per heavy atom. The van der Waals surface area contributed by atoms with E-state index < -0.39 is 36.8 Å². The minimum absolute atomic E-state index is 0.00198. The molecule has 3 heterocycles. The Bertz CT molecular complexity index is 701. The van der Waals surface area contributed by atoms with Gasteiger partial charge in [0.1, 0.15) is 12.2 Å². The molecule has 0 saturated carbocycles. The van der Waals surface area contributed by atoms with Gasteiger partial charge in [-0.3, -0.25) is 14.3 Å². The average Bonchev–Trinajstić information content (AvgIpc) is 2.93. The molecule has 108 valence electrons. The predicted molar refractivity (Wildman–Crippen MR) is 64.5 cm³/mol. The number of aromatic nitrogens is 4. The van der Waals surface area contributed by atoms with Gasteiger partial charge < -0.3 is 20.7 Å². The number of H-pyrrole nitrogens is 1. The van der Waals surface area contributed by atoms with Gasteiger partial charge in [0, 0.05) is 0 Å². The van der Waals surface area contributed by atoms with Crippen LogP contribution in [0.5, 0.6) is 0 Å². The standard InChI is InChI=1S/C10H12FN5O4/c11-4-3(1-17)20-9(6(4)18)16-2-13-5-7(16)14-10(12)15-8(5)19/h2-4,6,9,17-18H,1H2,(H3,12,14,15,19)/t3-,4?,6+,9-/m1/s1. The van der Waals surface area contributed by atoms with Crippen molar-refractivity contribution in [3.05, 3.63) is 16.7 Å². The number of nitrogens with one attached hydrogen (secondary N) is 1. The van der Waals surface area contributed by atoms with Crippen LogP contribution in [-0.2, 0) is 4.74 Å². The number of halogens is 1. The summed E-state index contributed by atoms with van der Waals surface area (Å²) >= 11 is 0. The molecule has 0 bridgehead atoms. The van der Waals surface area contributed by atoms with Crippen LogP contribution in [0.25, 0.3) is 11.2 Å². The van der Waals surface area contributed by atoms with Crippen LogP contribution in [0.1, 0.15) is 6.23 Å². The first kappa shape index (κ1) is 13.0. The van der Waals surface area contributed by atoms with Crippen LogP contribution in [0.2, 0.25) is 0 Å².